The topological polar surface area (TPSA) is 114 Å². The van der Waals surface area contributed by atoms with Gasteiger partial charge in [-0.25, -0.2) is 8.42 Å². The number of hydrogen-bond donors (Lipinski definition) is 1. The number of rotatable bonds is 15. The number of ether oxygens (including phenoxy) is 3. The molecule has 4 aromatic carbocycles. The third kappa shape index (κ3) is 9.70. The molecular formula is C38H44ClN3O7S. The highest BCUT2D eigenvalue weighted by molar-refractivity contribution is 7.92. The number of amides is 2. The molecule has 0 aliphatic heterocycles. The lowest BCUT2D eigenvalue weighted by Gasteiger charge is -2.35. The van der Waals surface area contributed by atoms with Gasteiger partial charge in [-0.3, -0.25) is 13.9 Å². The van der Waals surface area contributed by atoms with Crippen molar-refractivity contribution in [2.24, 2.45) is 0 Å². The standard InChI is InChI=1S/C38H44ClN3O7S/c1-7-49-30-19-17-29(18-20-30)42(50(45,46)31-21-22-34(47-5)35(24-31)48-6)26-36(43)41(25-28-15-11-12-16-32(28)39)33(37(44)40-38(2,3)4)23-27-13-9-8-10-14-27/h8-22,24,33H,7,23,25-26H2,1-6H3,(H,40,44). The van der Waals surface area contributed by atoms with Crippen molar-refractivity contribution in [1.29, 1.82) is 0 Å². The van der Waals surface area contributed by atoms with E-state index in [9.17, 15) is 18.0 Å². The quantitative estimate of drug-likeness (QED) is 0.149. The Morgan fingerprint density at radius 3 is 2.10 bits per heavy atom. The molecule has 4 aromatic rings. The van der Waals surface area contributed by atoms with Crippen molar-refractivity contribution in [3.05, 3.63) is 113 Å². The predicted octanol–water partition coefficient (Wildman–Crippen LogP) is 6.51. The van der Waals surface area contributed by atoms with Gasteiger partial charge < -0.3 is 24.4 Å². The molecule has 1 unspecified atom stereocenters. The number of carbonyl (C=O) groups is 2. The molecule has 266 valence electrons. The van der Waals surface area contributed by atoms with Gasteiger partial charge in [0.15, 0.2) is 11.5 Å². The number of anilines is 1. The molecule has 0 aromatic heterocycles. The van der Waals surface area contributed by atoms with Crippen LogP contribution in [0.1, 0.15) is 38.8 Å². The van der Waals surface area contributed by atoms with Crippen LogP contribution in [0.2, 0.25) is 5.02 Å². The fraction of sp³-hybridized carbons (Fsp3) is 0.316. The highest BCUT2D eigenvalue weighted by atomic mass is 35.5. The minimum Gasteiger partial charge on any atom is -0.494 e. The summed E-state index contributed by atoms with van der Waals surface area (Å²) in [5, 5.41) is 3.42. The number of methoxy groups -OCH3 is 2. The Morgan fingerprint density at radius 1 is 0.860 bits per heavy atom. The Hall–Kier alpha value is -4.74. The summed E-state index contributed by atoms with van der Waals surface area (Å²) in [6, 6.07) is 26.0. The maximum atomic E-state index is 14.7. The van der Waals surface area contributed by atoms with Gasteiger partial charge in [-0.1, -0.05) is 60.1 Å². The SMILES string of the molecule is CCOc1ccc(N(CC(=O)N(Cc2ccccc2Cl)C(Cc2ccccc2)C(=O)NC(C)(C)C)S(=O)(=O)c2ccc(OC)c(OC)c2)cc1. The number of carbonyl (C=O) groups excluding carboxylic acids is 2. The molecule has 0 bridgehead atoms. The van der Waals surface area contributed by atoms with Gasteiger partial charge in [0.1, 0.15) is 18.3 Å². The minimum absolute atomic E-state index is 0.0545. The largest absolute Gasteiger partial charge is 0.494 e. The molecule has 1 atom stereocenters. The first kappa shape index (κ1) is 38.1. The molecule has 4 rings (SSSR count). The Balaban J connectivity index is 1.86. The molecule has 0 aliphatic rings. The van der Waals surface area contributed by atoms with Crippen molar-refractivity contribution < 1.29 is 32.2 Å². The number of nitrogens with zero attached hydrogens (tertiary/aromatic N) is 2. The minimum atomic E-state index is -4.40. The van der Waals surface area contributed by atoms with Gasteiger partial charge in [0.2, 0.25) is 11.8 Å². The fourth-order valence-corrected chi connectivity index (χ4v) is 6.95. The van der Waals surface area contributed by atoms with Gasteiger partial charge in [-0.15, -0.1) is 0 Å². The van der Waals surface area contributed by atoms with Crippen LogP contribution >= 0.6 is 11.6 Å². The van der Waals surface area contributed by atoms with E-state index in [1.807, 2.05) is 58.0 Å². The summed E-state index contributed by atoms with van der Waals surface area (Å²) >= 11 is 6.59. The number of halogens is 1. The monoisotopic (exact) mass is 721 g/mol. The highest BCUT2D eigenvalue weighted by Crippen LogP contribution is 2.33. The molecule has 1 N–H and O–H groups in total. The average molecular weight is 722 g/mol. The zero-order valence-corrected chi connectivity index (χ0v) is 30.8. The summed E-state index contributed by atoms with van der Waals surface area (Å²) in [6.07, 6.45) is 0.171. The smallest absolute Gasteiger partial charge is 0.264 e. The lowest BCUT2D eigenvalue weighted by atomic mass is 10.0. The van der Waals surface area contributed by atoms with Crippen LogP contribution in [0.4, 0.5) is 5.69 Å². The van der Waals surface area contributed by atoms with Crippen LogP contribution in [-0.2, 0) is 32.6 Å². The normalized spacial score (nSPS) is 12.1. The molecule has 0 saturated carbocycles. The van der Waals surface area contributed by atoms with Gasteiger partial charge in [-0.05, 0) is 81.3 Å². The van der Waals surface area contributed by atoms with Gasteiger partial charge in [-0.2, -0.15) is 0 Å². The second-order valence-corrected chi connectivity index (χ2v) is 14.8. The lowest BCUT2D eigenvalue weighted by Crippen LogP contribution is -2.56. The molecule has 0 saturated heterocycles. The van der Waals surface area contributed by atoms with E-state index in [4.69, 9.17) is 25.8 Å². The zero-order valence-electron chi connectivity index (χ0n) is 29.2. The first-order valence-electron chi connectivity index (χ1n) is 16.1. The first-order valence-corrected chi connectivity index (χ1v) is 18.0. The molecule has 50 heavy (non-hydrogen) atoms. The van der Waals surface area contributed by atoms with E-state index < -0.39 is 40.0 Å². The van der Waals surface area contributed by atoms with Crippen LogP contribution in [0.3, 0.4) is 0 Å². The van der Waals surface area contributed by atoms with E-state index in [-0.39, 0.29) is 29.3 Å². The van der Waals surface area contributed by atoms with Gasteiger partial charge in [0.05, 0.1) is 31.4 Å². The molecule has 0 fully saturated rings. The predicted molar refractivity (Wildman–Crippen MR) is 196 cm³/mol. The van der Waals surface area contributed by atoms with E-state index >= 15 is 0 Å². The van der Waals surface area contributed by atoms with Crippen molar-refractivity contribution in [2.45, 2.75) is 57.1 Å². The molecule has 0 aliphatic carbocycles. The number of benzene rings is 4. The second-order valence-electron chi connectivity index (χ2n) is 12.5. The maximum absolute atomic E-state index is 14.7. The molecule has 12 heteroatoms. The highest BCUT2D eigenvalue weighted by Gasteiger charge is 2.36. The van der Waals surface area contributed by atoms with Crippen molar-refractivity contribution in [3.8, 4) is 17.2 Å². The van der Waals surface area contributed by atoms with Gasteiger partial charge in [0.25, 0.3) is 10.0 Å². The van der Waals surface area contributed by atoms with Crippen molar-refractivity contribution >= 4 is 39.1 Å². The van der Waals surface area contributed by atoms with E-state index in [2.05, 4.69) is 5.32 Å². The van der Waals surface area contributed by atoms with E-state index in [1.54, 1.807) is 48.5 Å². The molecular weight excluding hydrogens is 678 g/mol. The Bertz CT molecular complexity index is 1860. The molecule has 10 nitrogen and oxygen atoms in total. The summed E-state index contributed by atoms with van der Waals surface area (Å²) in [4.78, 5) is 30.1. The Labute approximate surface area is 300 Å². The first-order chi connectivity index (χ1) is 23.8. The molecule has 2 amide bonds. The maximum Gasteiger partial charge on any atom is 0.264 e. The van der Waals surface area contributed by atoms with Crippen LogP contribution in [-0.4, -0.2) is 64.1 Å². The van der Waals surface area contributed by atoms with Crippen LogP contribution in [0.5, 0.6) is 17.2 Å². The number of hydrogen-bond acceptors (Lipinski definition) is 7. The van der Waals surface area contributed by atoms with Crippen LogP contribution in [0.25, 0.3) is 0 Å². The summed E-state index contributed by atoms with van der Waals surface area (Å²) in [6.45, 7) is 7.14. The number of nitrogens with one attached hydrogen (secondary N) is 1. The molecule has 0 spiro atoms. The van der Waals surface area contributed by atoms with E-state index in [0.29, 0.717) is 28.7 Å². The van der Waals surface area contributed by atoms with Crippen LogP contribution < -0.4 is 23.8 Å². The van der Waals surface area contributed by atoms with Gasteiger partial charge in [0, 0.05) is 29.6 Å². The van der Waals surface area contributed by atoms with Crippen molar-refractivity contribution in [1.82, 2.24) is 10.2 Å². The van der Waals surface area contributed by atoms with Crippen molar-refractivity contribution in [2.75, 3.05) is 31.7 Å². The molecule has 0 radical (unpaired) electrons. The summed E-state index contributed by atoms with van der Waals surface area (Å²) < 4.78 is 46.3. The zero-order chi connectivity index (χ0) is 36.5. The Kier molecular flexibility index (Phi) is 12.8. The Morgan fingerprint density at radius 2 is 1.50 bits per heavy atom. The number of sulfonamides is 1. The van der Waals surface area contributed by atoms with Crippen LogP contribution in [0, 0.1) is 0 Å². The molecule has 0 heterocycles. The van der Waals surface area contributed by atoms with E-state index in [0.717, 1.165) is 9.87 Å². The van der Waals surface area contributed by atoms with Gasteiger partial charge >= 0.3 is 0 Å². The second kappa shape index (κ2) is 16.8. The summed E-state index contributed by atoms with van der Waals surface area (Å²) in [5.74, 6) is 0.0708. The summed E-state index contributed by atoms with van der Waals surface area (Å²) in [7, 11) is -1.54. The fourth-order valence-electron chi connectivity index (χ4n) is 5.33. The van der Waals surface area contributed by atoms with E-state index in [1.165, 1.54) is 37.3 Å². The van der Waals surface area contributed by atoms with Crippen LogP contribution in [0.15, 0.2) is 102 Å². The third-order valence-corrected chi connectivity index (χ3v) is 9.86. The lowest BCUT2D eigenvalue weighted by molar-refractivity contribution is -0.140. The van der Waals surface area contributed by atoms with Crippen molar-refractivity contribution in [3.63, 3.8) is 0 Å². The summed E-state index contributed by atoms with van der Waals surface area (Å²) in [5.41, 5.74) is 1.02. The third-order valence-electron chi connectivity index (χ3n) is 7.73. The average Bonchev–Trinajstić information content (AvgIpc) is 3.09.